The summed E-state index contributed by atoms with van der Waals surface area (Å²) in [6, 6.07) is 3.32. The van der Waals surface area contributed by atoms with Gasteiger partial charge in [0.15, 0.2) is 0 Å². The summed E-state index contributed by atoms with van der Waals surface area (Å²) in [4.78, 5) is 53.1. The number of nitrogens with one attached hydrogen (secondary N) is 2. The van der Waals surface area contributed by atoms with Crippen LogP contribution in [0.1, 0.15) is 37.3 Å². The number of hydrogen-bond acceptors (Lipinski definition) is 5. The Labute approximate surface area is 189 Å². The first kappa shape index (κ1) is 22.5. The number of carboxylic acid groups (broad SMARTS) is 2. The van der Waals surface area contributed by atoms with E-state index in [9.17, 15) is 29.4 Å². The van der Waals surface area contributed by atoms with E-state index < -0.39 is 47.7 Å². The lowest BCUT2D eigenvalue weighted by molar-refractivity contribution is -0.146. The number of allylic oxidation sites excluding steroid dienone is 2. The van der Waals surface area contributed by atoms with E-state index in [-0.39, 0.29) is 0 Å². The maximum absolute atomic E-state index is 12.8. The molecule has 2 heterocycles. The fourth-order valence-electron chi connectivity index (χ4n) is 4.92. The molecule has 1 fully saturated rings. The molecule has 2 aliphatic rings. The second-order valence-electron chi connectivity index (χ2n) is 8.53. The molecule has 0 radical (unpaired) electrons. The van der Waals surface area contributed by atoms with Crippen LogP contribution in [0.5, 0.6) is 0 Å². The molecule has 0 bridgehead atoms. The van der Waals surface area contributed by atoms with Crippen LogP contribution in [0.3, 0.4) is 0 Å². The van der Waals surface area contributed by atoms with Gasteiger partial charge in [-0.25, -0.2) is 0 Å². The van der Waals surface area contributed by atoms with Gasteiger partial charge in [0.2, 0.25) is 11.8 Å². The number of aromatic amines is 1. The largest absolute Gasteiger partial charge is 0.481 e. The minimum absolute atomic E-state index is 0.297. The number of carbonyl (C=O) groups excluding carboxylic acids is 2. The average Bonchev–Trinajstić information content (AvgIpc) is 3.42. The van der Waals surface area contributed by atoms with Gasteiger partial charge in [-0.2, -0.15) is 0 Å². The number of primary amides is 1. The van der Waals surface area contributed by atoms with Crippen molar-refractivity contribution in [1.82, 2.24) is 9.88 Å². The van der Waals surface area contributed by atoms with Crippen LogP contribution < -0.4 is 11.1 Å². The van der Waals surface area contributed by atoms with Crippen LogP contribution in [0.2, 0.25) is 0 Å². The molecule has 1 saturated heterocycles. The SMILES string of the molecule is NC(=O)[C@@H]1CCCN1[C@@H](C(=O)O)c1c[nH]c2ccc(NC(=O)[C@H]3CC=CC[C@@H]3C(=O)O)cc12. The Kier molecular flexibility index (Phi) is 6.19. The van der Waals surface area contributed by atoms with E-state index in [0.717, 1.165) is 0 Å². The maximum Gasteiger partial charge on any atom is 0.325 e. The third-order valence-corrected chi connectivity index (χ3v) is 6.55. The lowest BCUT2D eigenvalue weighted by Crippen LogP contribution is -2.44. The van der Waals surface area contributed by atoms with E-state index >= 15 is 0 Å². The standard InChI is InChI=1S/C23H26N4O6/c24-20(28)18-6-3-9-27(18)19(23(32)33)16-11-25-17-8-7-12(10-15(16)17)26-21(29)13-4-1-2-5-14(13)22(30)31/h1-2,7-8,10-11,13-14,18-19,25H,3-6,9H2,(H2,24,28)(H,26,29)(H,30,31)(H,32,33)/t13-,14-,18-,19+/m0/s1. The normalized spacial score (nSPS) is 23.9. The molecule has 33 heavy (non-hydrogen) atoms. The van der Waals surface area contributed by atoms with Gasteiger partial charge in [-0.1, -0.05) is 12.2 Å². The maximum atomic E-state index is 12.8. The van der Waals surface area contributed by atoms with Crippen molar-refractivity contribution in [3.63, 3.8) is 0 Å². The van der Waals surface area contributed by atoms with E-state index in [1.54, 1.807) is 41.4 Å². The highest BCUT2D eigenvalue weighted by atomic mass is 16.4. The van der Waals surface area contributed by atoms with Crippen LogP contribution in [-0.4, -0.2) is 56.4 Å². The molecule has 4 atom stereocenters. The van der Waals surface area contributed by atoms with E-state index in [0.29, 0.717) is 54.4 Å². The summed E-state index contributed by atoms with van der Waals surface area (Å²) in [5.74, 6) is -4.55. The molecule has 0 saturated carbocycles. The van der Waals surface area contributed by atoms with E-state index in [4.69, 9.17) is 5.73 Å². The quantitative estimate of drug-likeness (QED) is 0.398. The van der Waals surface area contributed by atoms with Gasteiger partial charge >= 0.3 is 11.9 Å². The molecule has 2 aromatic rings. The van der Waals surface area contributed by atoms with Gasteiger partial charge < -0.3 is 26.2 Å². The number of hydrogen-bond donors (Lipinski definition) is 5. The number of H-pyrrole nitrogens is 1. The topological polar surface area (TPSA) is 166 Å². The van der Waals surface area contributed by atoms with Crippen LogP contribution in [-0.2, 0) is 19.2 Å². The molecule has 174 valence electrons. The number of rotatable bonds is 7. The predicted molar refractivity (Wildman–Crippen MR) is 119 cm³/mol. The summed E-state index contributed by atoms with van der Waals surface area (Å²) in [5, 5.41) is 22.8. The number of nitrogens with two attached hydrogens (primary N) is 1. The molecule has 0 spiro atoms. The number of nitrogens with zero attached hydrogens (tertiary/aromatic N) is 1. The average molecular weight is 454 g/mol. The van der Waals surface area contributed by atoms with Gasteiger partial charge in [0.1, 0.15) is 6.04 Å². The fourth-order valence-corrected chi connectivity index (χ4v) is 4.92. The number of likely N-dealkylation sites (tertiary alicyclic amines) is 1. The van der Waals surface area contributed by atoms with Crippen LogP contribution in [0.4, 0.5) is 5.69 Å². The Morgan fingerprint density at radius 3 is 2.52 bits per heavy atom. The van der Waals surface area contributed by atoms with Crippen molar-refractivity contribution in [3.05, 3.63) is 42.1 Å². The van der Waals surface area contributed by atoms with Gasteiger partial charge in [-0.05, 0) is 43.9 Å². The van der Waals surface area contributed by atoms with Gasteiger partial charge in [0, 0.05) is 34.9 Å². The minimum Gasteiger partial charge on any atom is -0.481 e. The molecular formula is C23H26N4O6. The molecule has 1 aromatic carbocycles. The fraction of sp³-hybridized carbons (Fsp3) is 0.391. The second kappa shape index (κ2) is 9.07. The first-order chi connectivity index (χ1) is 15.8. The molecular weight excluding hydrogens is 428 g/mol. The van der Waals surface area contributed by atoms with Crippen molar-refractivity contribution in [2.24, 2.45) is 17.6 Å². The monoisotopic (exact) mass is 454 g/mol. The minimum atomic E-state index is -1.10. The highest BCUT2D eigenvalue weighted by Crippen LogP contribution is 2.35. The van der Waals surface area contributed by atoms with Crippen molar-refractivity contribution in [3.8, 4) is 0 Å². The Morgan fingerprint density at radius 1 is 1.12 bits per heavy atom. The molecule has 10 heteroatoms. The Hall–Kier alpha value is -3.66. The number of amides is 2. The van der Waals surface area contributed by atoms with Crippen molar-refractivity contribution in [1.29, 1.82) is 0 Å². The van der Waals surface area contributed by atoms with E-state index in [1.807, 2.05) is 0 Å². The number of carbonyl (C=O) groups is 4. The lowest BCUT2D eigenvalue weighted by Gasteiger charge is -2.28. The molecule has 2 amide bonds. The zero-order valence-electron chi connectivity index (χ0n) is 17.9. The summed E-state index contributed by atoms with van der Waals surface area (Å²) in [6.07, 6.45) is 6.98. The number of fused-ring (bicyclic) bond motifs is 1. The summed E-state index contributed by atoms with van der Waals surface area (Å²) in [6.45, 7) is 0.430. The number of benzene rings is 1. The van der Waals surface area contributed by atoms with Gasteiger partial charge in [-0.3, -0.25) is 24.1 Å². The van der Waals surface area contributed by atoms with Crippen molar-refractivity contribution >= 4 is 40.3 Å². The number of aromatic nitrogens is 1. The van der Waals surface area contributed by atoms with Crippen LogP contribution in [0.15, 0.2) is 36.5 Å². The Morgan fingerprint density at radius 2 is 1.85 bits per heavy atom. The number of aliphatic carboxylic acids is 2. The van der Waals surface area contributed by atoms with Crippen molar-refractivity contribution < 1.29 is 29.4 Å². The van der Waals surface area contributed by atoms with Gasteiger partial charge in [-0.15, -0.1) is 0 Å². The Balaban J connectivity index is 1.64. The molecule has 4 rings (SSSR count). The molecule has 10 nitrogen and oxygen atoms in total. The summed E-state index contributed by atoms with van der Waals surface area (Å²) >= 11 is 0. The van der Waals surface area contributed by atoms with Crippen molar-refractivity contribution in [2.45, 2.75) is 37.8 Å². The lowest BCUT2D eigenvalue weighted by atomic mass is 9.82. The summed E-state index contributed by atoms with van der Waals surface area (Å²) < 4.78 is 0. The molecule has 6 N–H and O–H groups in total. The summed E-state index contributed by atoms with van der Waals surface area (Å²) in [5.41, 5.74) is 7.07. The first-order valence-corrected chi connectivity index (χ1v) is 10.9. The smallest absolute Gasteiger partial charge is 0.325 e. The third-order valence-electron chi connectivity index (χ3n) is 6.55. The summed E-state index contributed by atoms with van der Waals surface area (Å²) in [7, 11) is 0. The molecule has 0 unspecified atom stereocenters. The zero-order valence-corrected chi connectivity index (χ0v) is 17.9. The second-order valence-corrected chi connectivity index (χ2v) is 8.53. The van der Waals surface area contributed by atoms with E-state index in [1.165, 1.54) is 0 Å². The van der Waals surface area contributed by atoms with Crippen LogP contribution >= 0.6 is 0 Å². The van der Waals surface area contributed by atoms with Gasteiger partial charge in [0.05, 0.1) is 17.9 Å². The predicted octanol–water partition coefficient (Wildman–Crippen LogP) is 1.85. The molecule has 1 aliphatic carbocycles. The Bertz CT molecular complexity index is 1140. The van der Waals surface area contributed by atoms with Crippen molar-refractivity contribution in [2.75, 3.05) is 11.9 Å². The number of anilines is 1. The highest BCUT2D eigenvalue weighted by Gasteiger charge is 2.40. The first-order valence-electron chi connectivity index (χ1n) is 10.9. The highest BCUT2D eigenvalue weighted by molar-refractivity contribution is 5.98. The van der Waals surface area contributed by atoms with Crippen LogP contribution in [0, 0.1) is 11.8 Å². The molecule has 1 aromatic heterocycles. The number of carboxylic acids is 2. The molecule has 1 aliphatic heterocycles. The van der Waals surface area contributed by atoms with Crippen LogP contribution in [0.25, 0.3) is 10.9 Å². The van der Waals surface area contributed by atoms with E-state index in [2.05, 4.69) is 10.3 Å². The third kappa shape index (κ3) is 4.34. The van der Waals surface area contributed by atoms with Gasteiger partial charge in [0.25, 0.3) is 0 Å². The zero-order chi connectivity index (χ0) is 23.7.